The third-order valence-electron chi connectivity index (χ3n) is 6.04. The zero-order chi connectivity index (χ0) is 24.5. The molecule has 3 aromatic rings. The molecule has 2 heterocycles. The summed E-state index contributed by atoms with van der Waals surface area (Å²) in [7, 11) is 3.75. The zero-order valence-electron chi connectivity index (χ0n) is 20.0. The van der Waals surface area contributed by atoms with E-state index in [1.807, 2.05) is 51.4 Å². The van der Waals surface area contributed by atoms with Crippen molar-refractivity contribution in [3.8, 4) is 11.8 Å². The van der Waals surface area contributed by atoms with Crippen LogP contribution in [0.2, 0.25) is 0 Å². The van der Waals surface area contributed by atoms with Crippen LogP contribution in [0.25, 0.3) is 11.0 Å². The Morgan fingerprint density at radius 1 is 1.29 bits per heavy atom. The average Bonchev–Trinajstić information content (AvgIpc) is 3.27. The Morgan fingerprint density at radius 3 is 2.71 bits per heavy atom. The quantitative estimate of drug-likeness (QED) is 0.542. The fraction of sp³-hybridized carbons (Fsp3) is 0.423. The van der Waals surface area contributed by atoms with Crippen molar-refractivity contribution in [2.75, 3.05) is 27.2 Å². The van der Waals surface area contributed by atoms with Crippen LogP contribution in [0.4, 0.5) is 4.79 Å². The van der Waals surface area contributed by atoms with E-state index in [0.717, 1.165) is 59.2 Å². The van der Waals surface area contributed by atoms with E-state index in [2.05, 4.69) is 16.5 Å². The number of hydrogen-bond donors (Lipinski definition) is 2. The molecule has 0 atom stereocenters. The summed E-state index contributed by atoms with van der Waals surface area (Å²) in [5.74, 6) is 1.24. The van der Waals surface area contributed by atoms with Crippen LogP contribution < -0.4 is 10.1 Å². The molecule has 1 saturated heterocycles. The first-order valence-electron chi connectivity index (χ1n) is 11.5. The lowest BCUT2D eigenvalue weighted by Gasteiger charge is -2.29. The van der Waals surface area contributed by atoms with E-state index >= 15 is 0 Å². The van der Waals surface area contributed by atoms with Gasteiger partial charge in [0.2, 0.25) is 0 Å². The van der Waals surface area contributed by atoms with Crippen molar-refractivity contribution >= 4 is 17.1 Å². The van der Waals surface area contributed by atoms with Crippen LogP contribution in [0.1, 0.15) is 41.6 Å². The molecule has 4 rings (SSSR count). The summed E-state index contributed by atoms with van der Waals surface area (Å²) >= 11 is 0. The predicted octanol–water partition coefficient (Wildman–Crippen LogP) is 4.75. The number of piperidine rings is 1. The number of nitriles is 1. The Kier molecular flexibility index (Phi) is 8.88. The smallest absolute Gasteiger partial charge is 0.407 e. The van der Waals surface area contributed by atoms with Crippen LogP contribution in [0.15, 0.2) is 40.9 Å². The fourth-order valence-electron chi connectivity index (χ4n) is 4.15. The van der Waals surface area contributed by atoms with Crippen LogP contribution >= 0.6 is 0 Å². The van der Waals surface area contributed by atoms with E-state index in [4.69, 9.17) is 19.6 Å². The molecule has 0 unspecified atom stereocenters. The van der Waals surface area contributed by atoms with Gasteiger partial charge in [-0.25, -0.2) is 4.79 Å². The molecular weight excluding hydrogens is 432 g/mol. The first-order valence-corrected chi connectivity index (χ1v) is 11.5. The van der Waals surface area contributed by atoms with E-state index in [1.165, 1.54) is 4.90 Å². The number of ether oxygens (including phenoxy) is 1. The van der Waals surface area contributed by atoms with Crippen molar-refractivity contribution in [1.82, 2.24) is 15.4 Å². The monoisotopic (exact) mass is 464 g/mol. The molecule has 1 aromatic heterocycles. The van der Waals surface area contributed by atoms with E-state index < -0.39 is 6.09 Å². The first kappa shape index (κ1) is 25.1. The highest BCUT2D eigenvalue weighted by molar-refractivity contribution is 5.84. The number of carbonyl (C=O) groups is 1. The van der Waals surface area contributed by atoms with Crippen LogP contribution in [0.3, 0.4) is 0 Å². The van der Waals surface area contributed by atoms with Gasteiger partial charge in [0.15, 0.2) is 5.58 Å². The maximum Gasteiger partial charge on any atom is 0.407 e. The third-order valence-corrected chi connectivity index (χ3v) is 6.04. The second kappa shape index (κ2) is 12.1. The average molecular weight is 465 g/mol. The summed E-state index contributed by atoms with van der Waals surface area (Å²) < 4.78 is 11.6. The number of fused-ring (bicyclic) bond motifs is 1. The Bertz CT molecular complexity index is 1140. The number of hydrogen-bond acceptors (Lipinski definition) is 6. The van der Waals surface area contributed by atoms with Crippen LogP contribution in [-0.2, 0) is 13.0 Å². The van der Waals surface area contributed by atoms with Gasteiger partial charge in [0.25, 0.3) is 0 Å². The normalized spacial score (nSPS) is 13.8. The number of nitrogens with one attached hydrogen (secondary N) is 1. The number of likely N-dealkylation sites (tertiary alicyclic amines) is 1. The maximum absolute atomic E-state index is 11.0. The predicted molar refractivity (Wildman–Crippen MR) is 130 cm³/mol. The molecule has 0 aliphatic carbocycles. The molecule has 1 amide bonds. The number of amides is 1. The molecule has 0 radical (unpaired) electrons. The largest absolute Gasteiger partial charge is 0.488 e. The van der Waals surface area contributed by atoms with Gasteiger partial charge in [0, 0.05) is 24.0 Å². The molecule has 34 heavy (non-hydrogen) atoms. The van der Waals surface area contributed by atoms with Crippen molar-refractivity contribution in [3.63, 3.8) is 0 Å². The minimum Gasteiger partial charge on any atom is -0.488 e. The number of rotatable bonds is 6. The third kappa shape index (κ3) is 6.27. The van der Waals surface area contributed by atoms with Crippen molar-refractivity contribution in [3.05, 3.63) is 58.8 Å². The van der Waals surface area contributed by atoms with E-state index in [0.29, 0.717) is 31.2 Å². The van der Waals surface area contributed by atoms with E-state index in [9.17, 15) is 4.79 Å². The molecular formula is C26H32N4O4. The highest BCUT2D eigenvalue weighted by Gasteiger charge is 2.23. The molecule has 180 valence electrons. The van der Waals surface area contributed by atoms with Gasteiger partial charge in [0.1, 0.15) is 12.4 Å². The summed E-state index contributed by atoms with van der Waals surface area (Å²) in [5, 5.41) is 26.2. The van der Waals surface area contributed by atoms with Crippen LogP contribution in [0, 0.1) is 24.2 Å². The van der Waals surface area contributed by atoms with Gasteiger partial charge in [-0.3, -0.25) is 0 Å². The zero-order valence-corrected chi connectivity index (χ0v) is 20.0. The molecule has 0 spiro atoms. The lowest BCUT2D eigenvalue weighted by atomic mass is 9.91. The second-order valence-electron chi connectivity index (χ2n) is 8.55. The number of benzene rings is 2. The SMILES string of the molecule is CNC.Cc1c(OCc2cccc(C#N)c2)ccc2c(CCC3CCN(C(=O)O)CC3)noc12. The topological polar surface area (TPSA) is 112 Å². The van der Waals surface area contributed by atoms with Gasteiger partial charge in [-0.15, -0.1) is 0 Å². The molecule has 0 bridgehead atoms. The Balaban J connectivity index is 0.00000103. The van der Waals surface area contributed by atoms with E-state index in [-0.39, 0.29) is 0 Å². The van der Waals surface area contributed by atoms with Crippen molar-refractivity contribution in [2.24, 2.45) is 5.92 Å². The summed E-state index contributed by atoms with van der Waals surface area (Å²) in [6, 6.07) is 13.4. The van der Waals surface area contributed by atoms with Crippen molar-refractivity contribution in [2.45, 2.75) is 39.2 Å². The van der Waals surface area contributed by atoms with Gasteiger partial charge in [-0.1, -0.05) is 17.3 Å². The van der Waals surface area contributed by atoms with E-state index in [1.54, 1.807) is 6.07 Å². The van der Waals surface area contributed by atoms with Gasteiger partial charge >= 0.3 is 6.09 Å². The molecule has 1 aliphatic rings. The van der Waals surface area contributed by atoms with Crippen LogP contribution in [0.5, 0.6) is 5.75 Å². The molecule has 1 fully saturated rings. The second-order valence-corrected chi connectivity index (χ2v) is 8.55. The minimum atomic E-state index is -0.827. The first-order chi connectivity index (χ1) is 16.5. The summed E-state index contributed by atoms with van der Waals surface area (Å²) in [6.45, 7) is 3.55. The summed E-state index contributed by atoms with van der Waals surface area (Å²) in [6.07, 6.45) is 2.75. The van der Waals surface area contributed by atoms with Gasteiger partial charge in [-0.2, -0.15) is 5.26 Å². The standard InChI is InChI=1S/C24H25N3O4.C2H7N/c1-16-22(30-15-19-4-2-3-18(13-19)14-25)8-6-20-21(26-31-23(16)20)7-5-17-9-11-27(12-10-17)24(28)29;1-3-2/h2-4,6,8,13,17H,5,7,9-12,15H2,1H3,(H,28,29);3H,1-2H3. The number of nitrogens with zero attached hydrogens (tertiary/aromatic N) is 3. The number of carboxylic acid groups (broad SMARTS) is 1. The number of aromatic nitrogens is 1. The summed E-state index contributed by atoms with van der Waals surface area (Å²) in [5.41, 5.74) is 4.13. The fourth-order valence-corrected chi connectivity index (χ4v) is 4.15. The van der Waals surface area contributed by atoms with Gasteiger partial charge in [0.05, 0.1) is 17.3 Å². The van der Waals surface area contributed by atoms with Gasteiger partial charge < -0.3 is 24.6 Å². The Labute approximate surface area is 200 Å². The molecule has 0 saturated carbocycles. The highest BCUT2D eigenvalue weighted by atomic mass is 16.5. The Morgan fingerprint density at radius 2 is 2.03 bits per heavy atom. The molecule has 8 heteroatoms. The molecule has 8 nitrogen and oxygen atoms in total. The lowest BCUT2D eigenvalue weighted by Crippen LogP contribution is -2.37. The van der Waals surface area contributed by atoms with Gasteiger partial charge in [-0.05, 0) is 82.4 Å². The maximum atomic E-state index is 11.0. The number of aryl methyl sites for hydroxylation is 2. The molecule has 2 N–H and O–H groups in total. The van der Waals surface area contributed by atoms with Crippen molar-refractivity contribution in [1.29, 1.82) is 5.26 Å². The lowest BCUT2D eigenvalue weighted by molar-refractivity contribution is 0.123. The molecule has 1 aliphatic heterocycles. The van der Waals surface area contributed by atoms with Crippen LogP contribution in [-0.4, -0.2) is 48.4 Å². The Hall–Kier alpha value is -3.57. The van der Waals surface area contributed by atoms with Crippen molar-refractivity contribution < 1.29 is 19.2 Å². The minimum absolute atomic E-state index is 0.373. The highest BCUT2D eigenvalue weighted by Crippen LogP contribution is 2.31. The molecule has 2 aromatic carbocycles. The summed E-state index contributed by atoms with van der Waals surface area (Å²) in [4.78, 5) is 12.5.